The number of imide groups is 1. The summed E-state index contributed by atoms with van der Waals surface area (Å²) < 4.78 is 0. The van der Waals surface area contributed by atoms with Crippen LogP contribution in [0.15, 0.2) is 66.7 Å². The van der Waals surface area contributed by atoms with E-state index in [1.165, 1.54) is 6.07 Å². The van der Waals surface area contributed by atoms with Crippen molar-refractivity contribution in [1.29, 1.82) is 0 Å². The Balaban J connectivity index is 1.23. The maximum Gasteiger partial charge on any atom is 0.261 e. The van der Waals surface area contributed by atoms with Gasteiger partial charge in [0, 0.05) is 40.9 Å². The average molecular weight is 438 g/mol. The first-order valence-electron chi connectivity index (χ1n) is 10.5. The molecule has 0 unspecified atom stereocenters. The fraction of sp³-hybridized carbons (Fsp3) is 0.115. The van der Waals surface area contributed by atoms with Gasteiger partial charge < -0.3 is 5.32 Å². The number of carbonyl (C=O) groups is 5. The highest BCUT2D eigenvalue weighted by atomic mass is 16.2. The quantitative estimate of drug-likeness (QED) is 0.481. The van der Waals surface area contributed by atoms with Crippen LogP contribution < -0.4 is 5.32 Å². The fourth-order valence-electron chi connectivity index (χ4n) is 4.24. The highest BCUT2D eigenvalue weighted by molar-refractivity contribution is 6.28. The Bertz CT molecular complexity index is 1340. The van der Waals surface area contributed by atoms with Crippen LogP contribution in [0.5, 0.6) is 0 Å². The minimum absolute atomic E-state index is 0.0835. The molecule has 1 heterocycles. The lowest BCUT2D eigenvalue weighted by molar-refractivity contribution is -0.116. The molecule has 3 aromatic carbocycles. The molecule has 0 saturated heterocycles. The predicted octanol–water partition coefficient (Wildman–Crippen LogP) is 3.48. The molecular weight excluding hydrogens is 420 g/mol. The van der Waals surface area contributed by atoms with E-state index in [9.17, 15) is 24.0 Å². The molecular formula is C26H18N2O5. The summed E-state index contributed by atoms with van der Waals surface area (Å²) >= 11 is 0. The normalized spacial score (nSPS) is 14.1. The second-order valence-corrected chi connectivity index (χ2v) is 7.92. The van der Waals surface area contributed by atoms with Crippen molar-refractivity contribution in [2.75, 3.05) is 11.9 Å². The standard InChI is InChI=1S/C26H18N2O5/c29-22(10-5-13-28-25(32)19-8-3-4-9-20(19)26(28)33)27-15-11-12-18-21(14-15)24(31)17-7-2-1-6-16(17)23(18)30/h1-4,6-9,11-12,14H,5,10,13H2,(H,27,29). The first-order valence-corrected chi connectivity index (χ1v) is 10.5. The van der Waals surface area contributed by atoms with Crippen LogP contribution in [-0.4, -0.2) is 40.7 Å². The smallest absolute Gasteiger partial charge is 0.261 e. The van der Waals surface area contributed by atoms with Crippen molar-refractivity contribution < 1.29 is 24.0 Å². The van der Waals surface area contributed by atoms with Gasteiger partial charge in [-0.05, 0) is 36.8 Å². The third-order valence-corrected chi connectivity index (χ3v) is 5.87. The van der Waals surface area contributed by atoms with Crippen molar-refractivity contribution in [2.45, 2.75) is 12.8 Å². The Morgan fingerprint density at radius 1 is 0.667 bits per heavy atom. The van der Waals surface area contributed by atoms with Crippen LogP contribution in [0.3, 0.4) is 0 Å². The molecule has 0 atom stereocenters. The minimum atomic E-state index is -0.353. The molecule has 0 radical (unpaired) electrons. The van der Waals surface area contributed by atoms with Crippen LogP contribution >= 0.6 is 0 Å². The topological polar surface area (TPSA) is 101 Å². The number of amides is 3. The summed E-state index contributed by atoms with van der Waals surface area (Å²) in [6, 6.07) is 17.9. The van der Waals surface area contributed by atoms with Crippen LogP contribution in [0.2, 0.25) is 0 Å². The van der Waals surface area contributed by atoms with Crippen LogP contribution in [-0.2, 0) is 4.79 Å². The van der Waals surface area contributed by atoms with E-state index < -0.39 is 0 Å². The number of nitrogens with zero attached hydrogens (tertiary/aromatic N) is 1. The zero-order valence-corrected chi connectivity index (χ0v) is 17.5. The molecule has 33 heavy (non-hydrogen) atoms. The summed E-state index contributed by atoms with van der Waals surface area (Å²) in [4.78, 5) is 63.9. The summed E-state index contributed by atoms with van der Waals surface area (Å²) in [5.74, 6) is -1.51. The molecule has 0 saturated carbocycles. The van der Waals surface area contributed by atoms with Crippen LogP contribution in [0.4, 0.5) is 5.69 Å². The van der Waals surface area contributed by atoms with Crippen molar-refractivity contribution in [3.63, 3.8) is 0 Å². The van der Waals surface area contributed by atoms with Gasteiger partial charge in [-0.25, -0.2) is 0 Å². The van der Waals surface area contributed by atoms with Gasteiger partial charge in [-0.2, -0.15) is 0 Å². The average Bonchev–Trinajstić information content (AvgIpc) is 3.07. The van der Waals surface area contributed by atoms with Crippen molar-refractivity contribution >= 4 is 35.0 Å². The molecule has 3 amide bonds. The maximum atomic E-state index is 12.8. The number of fused-ring (bicyclic) bond motifs is 3. The van der Waals surface area contributed by atoms with Gasteiger partial charge in [-0.1, -0.05) is 36.4 Å². The number of hydrogen-bond donors (Lipinski definition) is 1. The van der Waals surface area contributed by atoms with Crippen LogP contribution in [0.1, 0.15) is 65.4 Å². The van der Waals surface area contributed by atoms with Crippen molar-refractivity contribution in [2.24, 2.45) is 0 Å². The molecule has 3 aromatic rings. The summed E-state index contributed by atoms with van der Waals surface area (Å²) in [5.41, 5.74) is 2.44. The lowest BCUT2D eigenvalue weighted by Gasteiger charge is -2.18. The van der Waals surface area contributed by atoms with Crippen molar-refractivity contribution in [3.8, 4) is 0 Å². The summed E-state index contributed by atoms with van der Waals surface area (Å²) in [7, 11) is 0. The molecule has 162 valence electrons. The van der Waals surface area contributed by atoms with Gasteiger partial charge in [0.15, 0.2) is 11.6 Å². The zero-order valence-electron chi connectivity index (χ0n) is 17.5. The van der Waals surface area contributed by atoms with E-state index in [0.717, 1.165) is 4.90 Å². The predicted molar refractivity (Wildman–Crippen MR) is 119 cm³/mol. The Morgan fingerprint density at radius 3 is 1.79 bits per heavy atom. The van der Waals surface area contributed by atoms with E-state index in [1.54, 1.807) is 60.7 Å². The molecule has 1 N–H and O–H groups in total. The second-order valence-electron chi connectivity index (χ2n) is 7.92. The first kappa shape index (κ1) is 20.5. The highest BCUT2D eigenvalue weighted by Crippen LogP contribution is 2.29. The molecule has 2 aliphatic rings. The molecule has 0 fully saturated rings. The largest absolute Gasteiger partial charge is 0.326 e. The number of carbonyl (C=O) groups excluding carboxylic acids is 5. The number of rotatable bonds is 5. The first-order chi connectivity index (χ1) is 16.0. The highest BCUT2D eigenvalue weighted by Gasteiger charge is 2.34. The number of ketones is 2. The molecule has 0 aromatic heterocycles. The Kier molecular flexibility index (Phi) is 4.94. The van der Waals surface area contributed by atoms with Gasteiger partial charge in [0.1, 0.15) is 0 Å². The number of nitrogens with one attached hydrogen (secondary N) is 1. The van der Waals surface area contributed by atoms with E-state index >= 15 is 0 Å². The summed E-state index contributed by atoms with van der Waals surface area (Å²) in [5, 5.41) is 2.73. The van der Waals surface area contributed by atoms with Gasteiger partial charge in [0.2, 0.25) is 5.91 Å². The Labute approximate surface area is 189 Å². The van der Waals surface area contributed by atoms with Gasteiger partial charge in [0.05, 0.1) is 11.1 Å². The number of anilines is 1. The molecule has 1 aliphatic heterocycles. The number of hydrogen-bond acceptors (Lipinski definition) is 5. The van der Waals surface area contributed by atoms with Crippen LogP contribution in [0, 0.1) is 0 Å². The van der Waals surface area contributed by atoms with Gasteiger partial charge in [0.25, 0.3) is 11.8 Å². The molecule has 1 aliphatic carbocycles. The van der Waals surface area contributed by atoms with Gasteiger partial charge >= 0.3 is 0 Å². The Morgan fingerprint density at radius 2 is 1.18 bits per heavy atom. The van der Waals surface area contributed by atoms with E-state index in [1.807, 2.05) is 0 Å². The van der Waals surface area contributed by atoms with E-state index in [-0.39, 0.29) is 47.8 Å². The van der Waals surface area contributed by atoms with Crippen molar-refractivity contribution in [3.05, 3.63) is 100 Å². The molecule has 0 spiro atoms. The third-order valence-electron chi connectivity index (χ3n) is 5.87. The van der Waals surface area contributed by atoms with E-state index in [0.29, 0.717) is 39.9 Å². The SMILES string of the molecule is O=C(CCCN1C(=O)c2ccccc2C1=O)Nc1ccc2c(c1)C(=O)c1ccccc1C2=O. The monoisotopic (exact) mass is 438 g/mol. The second kappa shape index (κ2) is 7.94. The van der Waals surface area contributed by atoms with E-state index in [2.05, 4.69) is 5.32 Å². The molecule has 0 bridgehead atoms. The molecule has 7 nitrogen and oxygen atoms in total. The van der Waals surface area contributed by atoms with Gasteiger partial charge in [-0.15, -0.1) is 0 Å². The van der Waals surface area contributed by atoms with Crippen molar-refractivity contribution in [1.82, 2.24) is 4.90 Å². The van der Waals surface area contributed by atoms with Gasteiger partial charge in [-0.3, -0.25) is 28.9 Å². The third kappa shape index (κ3) is 3.43. The molecule has 5 rings (SSSR count). The lowest BCUT2D eigenvalue weighted by Crippen LogP contribution is -2.31. The summed E-state index contributed by atoms with van der Waals surface area (Å²) in [6.45, 7) is 0.133. The maximum absolute atomic E-state index is 12.8. The van der Waals surface area contributed by atoms with Crippen LogP contribution in [0.25, 0.3) is 0 Å². The zero-order chi connectivity index (χ0) is 23.1. The Hall–Kier alpha value is -4.39. The molecule has 7 heteroatoms. The van der Waals surface area contributed by atoms with E-state index in [4.69, 9.17) is 0 Å². The lowest BCUT2D eigenvalue weighted by atomic mass is 9.84. The summed E-state index contributed by atoms with van der Waals surface area (Å²) in [6.07, 6.45) is 0.382. The minimum Gasteiger partial charge on any atom is -0.326 e. The number of benzene rings is 3. The fourth-order valence-corrected chi connectivity index (χ4v) is 4.24.